The van der Waals surface area contributed by atoms with E-state index in [1.807, 2.05) is 13.8 Å². The van der Waals surface area contributed by atoms with Gasteiger partial charge in [-0.05, 0) is 33.6 Å². The van der Waals surface area contributed by atoms with Crippen LogP contribution in [0.3, 0.4) is 0 Å². The zero-order valence-corrected chi connectivity index (χ0v) is 12.3. The Morgan fingerprint density at radius 2 is 2.05 bits per heavy atom. The molecular weight excluding hydrogens is 246 g/mol. The first-order chi connectivity index (χ1) is 8.71. The highest BCUT2D eigenvalue weighted by molar-refractivity contribution is 5.80. The van der Waals surface area contributed by atoms with E-state index in [1.54, 1.807) is 14.0 Å². The first-order valence-electron chi connectivity index (χ1n) is 6.79. The summed E-state index contributed by atoms with van der Waals surface area (Å²) in [4.78, 5) is 23.4. The number of hydrogen-bond acceptors (Lipinski definition) is 3. The summed E-state index contributed by atoms with van der Waals surface area (Å²) in [5.41, 5.74) is -1.39. The number of amides is 1. The Morgan fingerprint density at radius 1 is 1.42 bits per heavy atom. The topological polar surface area (TPSA) is 75.6 Å². The van der Waals surface area contributed by atoms with Gasteiger partial charge in [0.25, 0.3) is 0 Å². The third kappa shape index (κ3) is 3.93. The van der Waals surface area contributed by atoms with Gasteiger partial charge in [-0.2, -0.15) is 0 Å². The van der Waals surface area contributed by atoms with Crippen molar-refractivity contribution in [1.29, 1.82) is 0 Å². The normalized spacial score (nSPS) is 27.9. The van der Waals surface area contributed by atoms with Crippen molar-refractivity contribution in [3.63, 3.8) is 0 Å². The smallest absolute Gasteiger partial charge is 0.311 e. The summed E-state index contributed by atoms with van der Waals surface area (Å²) < 4.78 is 5.22. The SMILES string of the molecule is COC(C)(C)CC(=O)NC1CCCCC1(C)C(=O)O. The maximum atomic E-state index is 12.0. The molecule has 0 aromatic rings. The minimum absolute atomic E-state index is 0.147. The van der Waals surface area contributed by atoms with E-state index in [0.717, 1.165) is 19.3 Å². The average molecular weight is 271 g/mol. The number of rotatable bonds is 5. The van der Waals surface area contributed by atoms with Gasteiger partial charge in [-0.15, -0.1) is 0 Å². The van der Waals surface area contributed by atoms with Crippen molar-refractivity contribution in [3.05, 3.63) is 0 Å². The van der Waals surface area contributed by atoms with E-state index in [-0.39, 0.29) is 18.4 Å². The zero-order chi connectivity index (χ0) is 14.7. The molecule has 0 saturated heterocycles. The van der Waals surface area contributed by atoms with Gasteiger partial charge in [-0.1, -0.05) is 12.8 Å². The number of aliphatic carboxylic acids is 1. The molecule has 0 radical (unpaired) electrons. The Morgan fingerprint density at radius 3 is 2.58 bits per heavy atom. The lowest BCUT2D eigenvalue weighted by molar-refractivity contribution is -0.152. The lowest BCUT2D eigenvalue weighted by Crippen LogP contribution is -2.53. The summed E-state index contributed by atoms with van der Waals surface area (Å²) in [5, 5.41) is 12.3. The Balaban J connectivity index is 2.68. The highest BCUT2D eigenvalue weighted by atomic mass is 16.5. The van der Waals surface area contributed by atoms with Crippen molar-refractivity contribution < 1.29 is 19.4 Å². The Bertz CT molecular complexity index is 353. The zero-order valence-electron chi connectivity index (χ0n) is 12.3. The predicted molar refractivity (Wildman–Crippen MR) is 71.8 cm³/mol. The highest BCUT2D eigenvalue weighted by Crippen LogP contribution is 2.36. The van der Waals surface area contributed by atoms with Gasteiger partial charge in [-0.3, -0.25) is 9.59 Å². The van der Waals surface area contributed by atoms with Crippen molar-refractivity contribution in [3.8, 4) is 0 Å². The van der Waals surface area contributed by atoms with Crippen molar-refractivity contribution >= 4 is 11.9 Å². The molecule has 1 fully saturated rings. The third-order valence-electron chi connectivity index (χ3n) is 4.17. The molecule has 0 aromatic carbocycles. The second-order valence-corrected chi connectivity index (χ2v) is 6.23. The number of methoxy groups -OCH3 is 1. The quantitative estimate of drug-likeness (QED) is 0.801. The Hall–Kier alpha value is -1.10. The second-order valence-electron chi connectivity index (χ2n) is 6.23. The van der Waals surface area contributed by atoms with Crippen molar-refractivity contribution in [1.82, 2.24) is 5.32 Å². The molecule has 1 saturated carbocycles. The number of ether oxygens (including phenoxy) is 1. The third-order valence-corrected chi connectivity index (χ3v) is 4.17. The molecule has 0 aromatic heterocycles. The van der Waals surface area contributed by atoms with E-state index in [0.29, 0.717) is 6.42 Å². The standard InChI is InChI=1S/C14H25NO4/c1-13(2,19-4)9-11(16)15-10-7-5-6-8-14(10,3)12(17)18/h10H,5-9H2,1-4H3,(H,15,16)(H,17,18). The lowest BCUT2D eigenvalue weighted by atomic mass is 9.71. The van der Waals surface area contributed by atoms with E-state index in [2.05, 4.69) is 5.32 Å². The van der Waals surface area contributed by atoms with Crippen LogP contribution in [0.5, 0.6) is 0 Å². The Kier molecular flexibility index (Phi) is 4.96. The van der Waals surface area contributed by atoms with Gasteiger partial charge in [0.15, 0.2) is 0 Å². The van der Waals surface area contributed by atoms with Crippen LogP contribution in [0, 0.1) is 5.41 Å². The molecule has 0 spiro atoms. The molecular formula is C14H25NO4. The van der Waals surface area contributed by atoms with Gasteiger partial charge in [0.05, 0.1) is 17.4 Å². The molecule has 1 aliphatic rings. The second kappa shape index (κ2) is 5.90. The van der Waals surface area contributed by atoms with Gasteiger partial charge in [0, 0.05) is 13.2 Å². The summed E-state index contributed by atoms with van der Waals surface area (Å²) in [7, 11) is 1.56. The first kappa shape index (κ1) is 16.0. The summed E-state index contributed by atoms with van der Waals surface area (Å²) in [6, 6.07) is -0.293. The summed E-state index contributed by atoms with van der Waals surface area (Å²) in [6.45, 7) is 5.40. The number of carbonyl (C=O) groups is 2. The fourth-order valence-corrected chi connectivity index (χ4v) is 2.53. The lowest BCUT2D eigenvalue weighted by Gasteiger charge is -2.38. The van der Waals surface area contributed by atoms with Crippen molar-refractivity contribution in [2.24, 2.45) is 5.41 Å². The maximum Gasteiger partial charge on any atom is 0.311 e. The Labute approximate surface area is 114 Å². The molecule has 0 aliphatic heterocycles. The van der Waals surface area contributed by atoms with Crippen LogP contribution in [0.15, 0.2) is 0 Å². The molecule has 0 heterocycles. The van der Waals surface area contributed by atoms with E-state index in [1.165, 1.54) is 0 Å². The summed E-state index contributed by atoms with van der Waals surface area (Å²) in [5.74, 6) is -0.977. The summed E-state index contributed by atoms with van der Waals surface area (Å²) in [6.07, 6.45) is 3.43. The molecule has 19 heavy (non-hydrogen) atoms. The van der Waals surface area contributed by atoms with Crippen LogP contribution in [0.4, 0.5) is 0 Å². The molecule has 5 heteroatoms. The van der Waals surface area contributed by atoms with Crippen LogP contribution in [0.1, 0.15) is 52.9 Å². The van der Waals surface area contributed by atoms with Crippen molar-refractivity contribution in [2.45, 2.75) is 64.5 Å². The number of carboxylic acid groups (broad SMARTS) is 1. The average Bonchev–Trinajstić information content (AvgIpc) is 2.31. The number of carbonyl (C=O) groups excluding carboxylic acids is 1. The van der Waals surface area contributed by atoms with Crippen LogP contribution < -0.4 is 5.32 Å². The van der Waals surface area contributed by atoms with Crippen LogP contribution in [-0.2, 0) is 14.3 Å². The van der Waals surface area contributed by atoms with Crippen LogP contribution in [-0.4, -0.2) is 35.7 Å². The minimum atomic E-state index is -0.856. The van der Waals surface area contributed by atoms with Crippen molar-refractivity contribution in [2.75, 3.05) is 7.11 Å². The van der Waals surface area contributed by atoms with E-state index < -0.39 is 17.0 Å². The van der Waals surface area contributed by atoms with Crippen LogP contribution in [0.2, 0.25) is 0 Å². The minimum Gasteiger partial charge on any atom is -0.481 e. The largest absolute Gasteiger partial charge is 0.481 e. The molecule has 1 rings (SSSR count). The van der Waals surface area contributed by atoms with Gasteiger partial charge in [0.1, 0.15) is 0 Å². The molecule has 2 atom stereocenters. The molecule has 110 valence electrons. The predicted octanol–water partition coefficient (Wildman–Crippen LogP) is 1.95. The maximum absolute atomic E-state index is 12.0. The molecule has 1 aliphatic carbocycles. The fourth-order valence-electron chi connectivity index (χ4n) is 2.53. The van der Waals surface area contributed by atoms with Crippen LogP contribution in [0.25, 0.3) is 0 Å². The van der Waals surface area contributed by atoms with E-state index in [4.69, 9.17) is 4.74 Å². The molecule has 2 unspecified atom stereocenters. The molecule has 2 N–H and O–H groups in total. The van der Waals surface area contributed by atoms with Gasteiger partial charge < -0.3 is 15.2 Å². The fraction of sp³-hybridized carbons (Fsp3) is 0.857. The molecule has 1 amide bonds. The first-order valence-corrected chi connectivity index (χ1v) is 6.79. The van der Waals surface area contributed by atoms with Gasteiger partial charge in [0.2, 0.25) is 5.91 Å². The van der Waals surface area contributed by atoms with Crippen LogP contribution >= 0.6 is 0 Å². The van der Waals surface area contributed by atoms with Gasteiger partial charge in [-0.25, -0.2) is 0 Å². The highest BCUT2D eigenvalue weighted by Gasteiger charge is 2.44. The number of nitrogens with one attached hydrogen (secondary N) is 1. The number of hydrogen-bond donors (Lipinski definition) is 2. The monoisotopic (exact) mass is 271 g/mol. The van der Waals surface area contributed by atoms with Gasteiger partial charge >= 0.3 is 5.97 Å². The van der Waals surface area contributed by atoms with E-state index >= 15 is 0 Å². The molecule has 5 nitrogen and oxygen atoms in total. The molecule has 0 bridgehead atoms. The van der Waals surface area contributed by atoms with E-state index in [9.17, 15) is 14.7 Å². The summed E-state index contributed by atoms with van der Waals surface area (Å²) >= 11 is 0. The number of carboxylic acids is 1.